The predicted molar refractivity (Wildman–Crippen MR) is 76.9 cm³/mol. The van der Waals surface area contributed by atoms with E-state index in [4.69, 9.17) is 27.5 Å². The molecule has 3 rings (SSSR count). The molecule has 0 saturated heterocycles. The molecule has 0 heterocycles. The molecule has 2 aliphatic rings. The molecule has 0 aromatic heterocycles. The second kappa shape index (κ2) is 5.04. The van der Waals surface area contributed by atoms with Crippen molar-refractivity contribution in [2.45, 2.75) is 25.7 Å². The number of nitrogens with two attached hydrogens (primary N) is 1. The summed E-state index contributed by atoms with van der Waals surface area (Å²) in [6, 6.07) is 5.29. The lowest BCUT2D eigenvalue weighted by Crippen LogP contribution is -2.18. The lowest BCUT2D eigenvalue weighted by molar-refractivity contribution is 0.195. The number of fused-ring (bicyclic) bond motifs is 2. The van der Waals surface area contributed by atoms with Crippen molar-refractivity contribution in [2.24, 2.45) is 23.5 Å². The number of hydrogen-bond donors (Lipinski definition) is 2. The summed E-state index contributed by atoms with van der Waals surface area (Å²) in [6.07, 6.45) is 5.49. The van der Waals surface area contributed by atoms with Crippen LogP contribution in [0.25, 0.3) is 0 Å². The zero-order valence-corrected chi connectivity index (χ0v) is 11.6. The van der Waals surface area contributed by atoms with E-state index in [9.17, 15) is 0 Å². The first-order valence-corrected chi connectivity index (χ1v) is 7.28. The van der Waals surface area contributed by atoms with Gasteiger partial charge in [0.2, 0.25) is 0 Å². The zero-order valence-electron chi connectivity index (χ0n) is 10.9. The van der Waals surface area contributed by atoms with Crippen molar-refractivity contribution in [1.29, 1.82) is 5.41 Å². The molecule has 4 heteroatoms. The molecule has 19 heavy (non-hydrogen) atoms. The van der Waals surface area contributed by atoms with Gasteiger partial charge in [0.05, 0.1) is 11.6 Å². The number of nitrogen functional groups attached to an aromatic ring is 1. The second-order valence-electron chi connectivity index (χ2n) is 5.80. The Balaban J connectivity index is 1.62. The lowest BCUT2D eigenvalue weighted by Gasteiger charge is -2.22. The Morgan fingerprint density at radius 3 is 2.79 bits per heavy atom. The molecule has 0 aliphatic heterocycles. The van der Waals surface area contributed by atoms with Gasteiger partial charge in [0.1, 0.15) is 11.6 Å². The van der Waals surface area contributed by atoms with Crippen molar-refractivity contribution in [3.63, 3.8) is 0 Å². The maximum Gasteiger partial charge on any atom is 0.137 e. The SMILES string of the molecule is N=C(N)c1ccc(OCC2CC3CCC2C3)c(Cl)c1. The van der Waals surface area contributed by atoms with Gasteiger partial charge in [0, 0.05) is 5.56 Å². The first-order valence-electron chi connectivity index (χ1n) is 6.90. The van der Waals surface area contributed by atoms with Crippen molar-refractivity contribution in [1.82, 2.24) is 0 Å². The van der Waals surface area contributed by atoms with Crippen molar-refractivity contribution in [3.8, 4) is 5.75 Å². The van der Waals surface area contributed by atoms with Crippen LogP contribution in [0.15, 0.2) is 18.2 Å². The number of halogens is 1. The Morgan fingerprint density at radius 2 is 2.21 bits per heavy atom. The fraction of sp³-hybridized carbons (Fsp3) is 0.533. The van der Waals surface area contributed by atoms with Crippen molar-refractivity contribution >= 4 is 17.4 Å². The van der Waals surface area contributed by atoms with Crippen LogP contribution in [0.3, 0.4) is 0 Å². The Bertz CT molecular complexity index is 503. The van der Waals surface area contributed by atoms with Gasteiger partial charge in [-0.2, -0.15) is 0 Å². The topological polar surface area (TPSA) is 59.1 Å². The van der Waals surface area contributed by atoms with Crippen molar-refractivity contribution in [3.05, 3.63) is 28.8 Å². The molecule has 3 atom stereocenters. The summed E-state index contributed by atoms with van der Waals surface area (Å²) in [7, 11) is 0. The molecule has 102 valence electrons. The summed E-state index contributed by atoms with van der Waals surface area (Å²) >= 11 is 6.16. The van der Waals surface area contributed by atoms with Crippen LogP contribution in [0.4, 0.5) is 0 Å². The summed E-state index contributed by atoms with van der Waals surface area (Å²) in [5.74, 6) is 3.23. The van der Waals surface area contributed by atoms with Gasteiger partial charge >= 0.3 is 0 Å². The maximum absolute atomic E-state index is 7.38. The Kier molecular flexibility index (Phi) is 3.40. The van der Waals surface area contributed by atoms with Crippen LogP contribution in [0.2, 0.25) is 5.02 Å². The minimum Gasteiger partial charge on any atom is -0.492 e. The van der Waals surface area contributed by atoms with E-state index in [1.54, 1.807) is 12.1 Å². The number of amidine groups is 1. The van der Waals surface area contributed by atoms with Gasteiger partial charge in [-0.05, 0) is 55.2 Å². The van der Waals surface area contributed by atoms with E-state index in [1.165, 1.54) is 25.7 Å². The second-order valence-corrected chi connectivity index (χ2v) is 6.21. The van der Waals surface area contributed by atoms with E-state index >= 15 is 0 Å². The van der Waals surface area contributed by atoms with Gasteiger partial charge in [-0.15, -0.1) is 0 Å². The highest BCUT2D eigenvalue weighted by atomic mass is 35.5. The molecular formula is C15H19ClN2O. The van der Waals surface area contributed by atoms with E-state index in [1.807, 2.05) is 6.07 Å². The van der Waals surface area contributed by atoms with Crippen molar-refractivity contribution in [2.75, 3.05) is 6.61 Å². The molecule has 0 amide bonds. The van der Waals surface area contributed by atoms with Crippen LogP contribution >= 0.6 is 11.6 Å². The van der Waals surface area contributed by atoms with Crippen LogP contribution in [0, 0.1) is 23.2 Å². The largest absolute Gasteiger partial charge is 0.492 e. The molecule has 1 aromatic rings. The third-order valence-corrected chi connectivity index (χ3v) is 4.88. The molecule has 3 N–H and O–H groups in total. The highest BCUT2D eigenvalue weighted by Crippen LogP contribution is 2.48. The Morgan fingerprint density at radius 1 is 1.37 bits per heavy atom. The molecule has 2 bridgehead atoms. The minimum absolute atomic E-state index is 0.0292. The summed E-state index contributed by atoms with van der Waals surface area (Å²) in [5.41, 5.74) is 6.07. The van der Waals surface area contributed by atoms with Gasteiger partial charge < -0.3 is 10.5 Å². The van der Waals surface area contributed by atoms with Gasteiger partial charge in [-0.25, -0.2) is 0 Å². The van der Waals surface area contributed by atoms with E-state index in [-0.39, 0.29) is 5.84 Å². The third kappa shape index (κ3) is 2.57. The quantitative estimate of drug-likeness (QED) is 0.655. The first kappa shape index (κ1) is 12.8. The standard InChI is InChI=1S/C15H19ClN2O/c16-13-7-11(15(17)18)3-4-14(13)19-8-12-6-9-1-2-10(12)5-9/h3-4,7,9-10,12H,1-2,5-6,8H2,(H3,17,18). The smallest absolute Gasteiger partial charge is 0.137 e. The normalized spacial score (nSPS) is 28.6. The molecule has 2 fully saturated rings. The van der Waals surface area contributed by atoms with Gasteiger partial charge in [-0.1, -0.05) is 18.0 Å². The molecule has 0 spiro atoms. The van der Waals surface area contributed by atoms with Crippen LogP contribution in [0.5, 0.6) is 5.75 Å². The number of ether oxygens (including phenoxy) is 1. The van der Waals surface area contributed by atoms with Crippen LogP contribution < -0.4 is 10.5 Å². The van der Waals surface area contributed by atoms with Gasteiger partial charge in [0.15, 0.2) is 0 Å². The van der Waals surface area contributed by atoms with E-state index < -0.39 is 0 Å². The molecule has 1 aromatic carbocycles. The lowest BCUT2D eigenvalue weighted by atomic mass is 9.89. The summed E-state index contributed by atoms with van der Waals surface area (Å²) < 4.78 is 5.86. The zero-order chi connectivity index (χ0) is 13.4. The highest BCUT2D eigenvalue weighted by molar-refractivity contribution is 6.32. The van der Waals surface area contributed by atoms with E-state index in [0.29, 0.717) is 22.3 Å². The van der Waals surface area contributed by atoms with Crippen molar-refractivity contribution < 1.29 is 4.74 Å². The number of benzene rings is 1. The van der Waals surface area contributed by atoms with E-state index in [2.05, 4.69) is 0 Å². The summed E-state index contributed by atoms with van der Waals surface area (Å²) in [5, 5.41) is 7.91. The van der Waals surface area contributed by atoms with Gasteiger partial charge in [-0.3, -0.25) is 5.41 Å². The van der Waals surface area contributed by atoms with Crippen LogP contribution in [-0.4, -0.2) is 12.4 Å². The third-order valence-electron chi connectivity index (χ3n) is 4.58. The fourth-order valence-corrected chi connectivity index (χ4v) is 3.80. The summed E-state index contributed by atoms with van der Waals surface area (Å²) in [6.45, 7) is 0.764. The molecule has 3 nitrogen and oxygen atoms in total. The molecular weight excluding hydrogens is 260 g/mol. The average Bonchev–Trinajstić information content (AvgIpc) is 2.99. The molecule has 0 radical (unpaired) electrons. The molecule has 2 aliphatic carbocycles. The predicted octanol–water partition coefficient (Wildman–Crippen LogP) is 3.44. The molecule has 2 saturated carbocycles. The number of rotatable bonds is 4. The Labute approximate surface area is 118 Å². The first-order chi connectivity index (χ1) is 9.13. The maximum atomic E-state index is 7.38. The van der Waals surface area contributed by atoms with Crippen LogP contribution in [-0.2, 0) is 0 Å². The Hall–Kier alpha value is -1.22. The minimum atomic E-state index is 0.0292. The number of hydrogen-bond acceptors (Lipinski definition) is 2. The van der Waals surface area contributed by atoms with Gasteiger partial charge in [0.25, 0.3) is 0 Å². The monoisotopic (exact) mass is 278 g/mol. The molecule has 3 unspecified atom stereocenters. The van der Waals surface area contributed by atoms with E-state index in [0.717, 1.165) is 18.4 Å². The van der Waals surface area contributed by atoms with Crippen LogP contribution in [0.1, 0.15) is 31.2 Å². The summed E-state index contributed by atoms with van der Waals surface area (Å²) in [4.78, 5) is 0. The number of nitrogens with one attached hydrogen (secondary N) is 1. The highest BCUT2D eigenvalue weighted by Gasteiger charge is 2.39. The fourth-order valence-electron chi connectivity index (χ4n) is 3.56. The average molecular weight is 279 g/mol.